The van der Waals surface area contributed by atoms with E-state index in [4.69, 9.17) is 14.6 Å². The Kier molecular flexibility index (Phi) is 6.43. The zero-order valence-electron chi connectivity index (χ0n) is 12.7. The van der Waals surface area contributed by atoms with Crippen LogP contribution in [0.5, 0.6) is 11.5 Å². The number of nitrogens with one attached hydrogen (secondary N) is 1. The van der Waals surface area contributed by atoms with Gasteiger partial charge in [-0.05, 0) is 17.7 Å². The Bertz CT molecular complexity index is 661. The summed E-state index contributed by atoms with van der Waals surface area (Å²) in [7, 11) is 1.58. The summed E-state index contributed by atoms with van der Waals surface area (Å²) in [5, 5.41) is 11.6. The summed E-state index contributed by atoms with van der Waals surface area (Å²) in [6.45, 7) is 0.634. The molecule has 6 heteroatoms. The van der Waals surface area contributed by atoms with E-state index in [0.29, 0.717) is 24.7 Å². The van der Waals surface area contributed by atoms with Gasteiger partial charge < -0.3 is 19.9 Å². The molecule has 0 bridgehead atoms. The lowest BCUT2D eigenvalue weighted by Gasteiger charge is -2.17. The number of methoxy groups -OCH3 is 1. The molecule has 5 nitrogen and oxygen atoms in total. The van der Waals surface area contributed by atoms with Crippen LogP contribution in [0, 0.1) is 0 Å². The van der Waals surface area contributed by atoms with Crippen molar-refractivity contribution in [3.63, 3.8) is 0 Å². The lowest BCUT2D eigenvalue weighted by Crippen LogP contribution is -2.22. The molecule has 122 valence electrons. The third kappa shape index (κ3) is 4.97. The summed E-state index contributed by atoms with van der Waals surface area (Å²) in [6, 6.07) is 13.5. The molecule has 0 spiro atoms. The van der Waals surface area contributed by atoms with E-state index in [2.05, 4.69) is 21.2 Å². The van der Waals surface area contributed by atoms with Gasteiger partial charge in [0, 0.05) is 16.6 Å². The normalized spacial score (nSPS) is 10.3. The molecule has 0 fully saturated rings. The van der Waals surface area contributed by atoms with Crippen molar-refractivity contribution in [3.8, 4) is 11.5 Å². The molecular formula is C17H18BrNO4. The second-order valence-electron chi connectivity index (χ2n) is 4.83. The van der Waals surface area contributed by atoms with Crippen molar-refractivity contribution in [2.75, 3.05) is 13.7 Å². The van der Waals surface area contributed by atoms with Crippen LogP contribution in [0.2, 0.25) is 0 Å². The van der Waals surface area contributed by atoms with Gasteiger partial charge in [-0.15, -0.1) is 0 Å². The zero-order valence-corrected chi connectivity index (χ0v) is 14.3. The number of aliphatic carboxylic acids is 1. The lowest BCUT2D eigenvalue weighted by molar-refractivity contribution is -0.136. The molecule has 0 amide bonds. The molecule has 2 rings (SSSR count). The highest BCUT2D eigenvalue weighted by Crippen LogP contribution is 2.36. The summed E-state index contributed by atoms with van der Waals surface area (Å²) in [5.41, 5.74) is 1.86. The number of carbonyl (C=O) groups is 1. The Labute approximate surface area is 143 Å². The minimum absolute atomic E-state index is 0.123. The maximum Gasteiger partial charge on any atom is 0.317 e. The molecule has 2 aromatic carbocycles. The van der Waals surface area contributed by atoms with Crippen molar-refractivity contribution in [2.24, 2.45) is 0 Å². The number of carboxylic acid groups (broad SMARTS) is 1. The number of benzene rings is 2. The van der Waals surface area contributed by atoms with Crippen LogP contribution < -0.4 is 14.8 Å². The number of hydrogen-bond acceptors (Lipinski definition) is 4. The van der Waals surface area contributed by atoms with Crippen LogP contribution in [0.15, 0.2) is 46.9 Å². The minimum atomic E-state index is -0.907. The average molecular weight is 380 g/mol. The Morgan fingerprint density at radius 2 is 1.96 bits per heavy atom. The number of carboxylic acids is 1. The molecule has 0 aliphatic rings. The van der Waals surface area contributed by atoms with E-state index < -0.39 is 5.97 Å². The summed E-state index contributed by atoms with van der Waals surface area (Å²) in [5.74, 6) is 0.302. The summed E-state index contributed by atoms with van der Waals surface area (Å²) >= 11 is 3.48. The second kappa shape index (κ2) is 8.55. The van der Waals surface area contributed by atoms with Gasteiger partial charge in [0.05, 0.1) is 13.7 Å². The first-order valence-electron chi connectivity index (χ1n) is 7.06. The number of hydrogen-bond donors (Lipinski definition) is 2. The van der Waals surface area contributed by atoms with Crippen LogP contribution in [0.3, 0.4) is 0 Å². The van der Waals surface area contributed by atoms with Crippen molar-refractivity contribution in [2.45, 2.75) is 13.2 Å². The molecule has 2 N–H and O–H groups in total. The first-order valence-corrected chi connectivity index (χ1v) is 7.85. The topological polar surface area (TPSA) is 67.8 Å². The predicted octanol–water partition coefficient (Wildman–Crippen LogP) is 3.21. The van der Waals surface area contributed by atoms with E-state index in [0.717, 1.165) is 15.6 Å². The van der Waals surface area contributed by atoms with Gasteiger partial charge in [0.15, 0.2) is 11.5 Å². The Balaban J connectivity index is 2.20. The van der Waals surface area contributed by atoms with Crippen molar-refractivity contribution in [1.29, 1.82) is 0 Å². The predicted molar refractivity (Wildman–Crippen MR) is 90.8 cm³/mol. The Hall–Kier alpha value is -2.05. The Morgan fingerprint density at radius 1 is 1.22 bits per heavy atom. The SMILES string of the molecule is COc1ccc(Br)c(CNCC(=O)O)c1OCc1ccccc1. The molecule has 23 heavy (non-hydrogen) atoms. The summed E-state index contributed by atoms with van der Waals surface area (Å²) < 4.78 is 12.1. The second-order valence-corrected chi connectivity index (χ2v) is 5.68. The minimum Gasteiger partial charge on any atom is -0.493 e. The molecule has 0 aromatic heterocycles. The fourth-order valence-corrected chi connectivity index (χ4v) is 2.54. The van der Waals surface area contributed by atoms with Gasteiger partial charge in [-0.25, -0.2) is 0 Å². The highest BCUT2D eigenvalue weighted by molar-refractivity contribution is 9.10. The molecule has 0 unspecified atom stereocenters. The standard InChI is InChI=1S/C17H18BrNO4/c1-22-15-8-7-14(18)13(9-19-10-16(20)21)17(15)23-11-12-5-3-2-4-6-12/h2-8,19H,9-11H2,1H3,(H,20,21). The largest absolute Gasteiger partial charge is 0.493 e. The van der Waals surface area contributed by atoms with Crippen LogP contribution in [0.1, 0.15) is 11.1 Å². The monoisotopic (exact) mass is 379 g/mol. The molecule has 2 aromatic rings. The highest BCUT2D eigenvalue weighted by atomic mass is 79.9. The average Bonchev–Trinajstić information content (AvgIpc) is 2.55. The third-order valence-corrected chi connectivity index (χ3v) is 3.93. The van der Waals surface area contributed by atoms with Crippen molar-refractivity contribution in [1.82, 2.24) is 5.32 Å². The number of halogens is 1. The first-order chi connectivity index (χ1) is 11.1. The van der Waals surface area contributed by atoms with E-state index in [-0.39, 0.29) is 6.54 Å². The Morgan fingerprint density at radius 3 is 2.61 bits per heavy atom. The fourth-order valence-electron chi connectivity index (χ4n) is 2.09. The molecule has 0 aliphatic carbocycles. The van der Waals surface area contributed by atoms with E-state index in [1.165, 1.54) is 0 Å². The van der Waals surface area contributed by atoms with Gasteiger partial charge in [0.25, 0.3) is 0 Å². The van der Waals surface area contributed by atoms with Gasteiger partial charge in [-0.3, -0.25) is 4.79 Å². The van der Waals surface area contributed by atoms with E-state index in [1.54, 1.807) is 7.11 Å². The maximum absolute atomic E-state index is 10.7. The van der Waals surface area contributed by atoms with Crippen molar-refractivity contribution >= 4 is 21.9 Å². The maximum atomic E-state index is 10.7. The molecule has 0 aliphatic heterocycles. The molecular weight excluding hydrogens is 362 g/mol. The molecule has 0 saturated carbocycles. The van der Waals surface area contributed by atoms with E-state index in [9.17, 15) is 4.79 Å². The summed E-state index contributed by atoms with van der Waals surface area (Å²) in [6.07, 6.45) is 0. The number of ether oxygens (including phenoxy) is 2. The highest BCUT2D eigenvalue weighted by Gasteiger charge is 2.15. The van der Waals surface area contributed by atoms with E-state index >= 15 is 0 Å². The first kappa shape index (κ1) is 17.3. The number of rotatable bonds is 8. The van der Waals surface area contributed by atoms with Crippen LogP contribution in [-0.2, 0) is 17.9 Å². The molecule has 0 radical (unpaired) electrons. The van der Waals surface area contributed by atoms with Gasteiger partial charge >= 0.3 is 5.97 Å². The van der Waals surface area contributed by atoms with Crippen LogP contribution in [-0.4, -0.2) is 24.7 Å². The van der Waals surface area contributed by atoms with Crippen molar-refractivity contribution in [3.05, 3.63) is 58.1 Å². The van der Waals surface area contributed by atoms with Gasteiger partial charge in [-0.2, -0.15) is 0 Å². The van der Waals surface area contributed by atoms with Gasteiger partial charge in [0.1, 0.15) is 6.61 Å². The molecule has 0 saturated heterocycles. The van der Waals surface area contributed by atoms with E-state index in [1.807, 2.05) is 42.5 Å². The molecule has 0 heterocycles. The van der Waals surface area contributed by atoms with Crippen molar-refractivity contribution < 1.29 is 19.4 Å². The smallest absolute Gasteiger partial charge is 0.317 e. The summed E-state index contributed by atoms with van der Waals surface area (Å²) in [4.78, 5) is 10.7. The quantitative estimate of drug-likeness (QED) is 0.736. The van der Waals surface area contributed by atoms with Crippen LogP contribution in [0.25, 0.3) is 0 Å². The van der Waals surface area contributed by atoms with Gasteiger partial charge in [-0.1, -0.05) is 46.3 Å². The fraction of sp³-hybridized carbons (Fsp3) is 0.235. The van der Waals surface area contributed by atoms with Crippen LogP contribution in [0.4, 0.5) is 0 Å². The van der Waals surface area contributed by atoms with Gasteiger partial charge in [0.2, 0.25) is 0 Å². The zero-order chi connectivity index (χ0) is 16.7. The third-order valence-electron chi connectivity index (χ3n) is 3.19. The molecule has 0 atom stereocenters. The lowest BCUT2D eigenvalue weighted by atomic mass is 10.1. The van der Waals surface area contributed by atoms with Crippen LogP contribution >= 0.6 is 15.9 Å².